The van der Waals surface area contributed by atoms with Crippen LogP contribution in [-0.2, 0) is 6.42 Å². The van der Waals surface area contributed by atoms with Crippen molar-refractivity contribution in [2.75, 3.05) is 20.1 Å². The summed E-state index contributed by atoms with van der Waals surface area (Å²) in [5, 5.41) is 2.16. The van der Waals surface area contributed by atoms with Crippen molar-refractivity contribution in [2.24, 2.45) is 11.7 Å². The van der Waals surface area contributed by atoms with E-state index in [1.807, 2.05) is 11.3 Å². The molecule has 96 valence electrons. The summed E-state index contributed by atoms with van der Waals surface area (Å²) < 4.78 is 0. The van der Waals surface area contributed by atoms with Crippen molar-refractivity contribution in [3.8, 4) is 0 Å². The molecule has 1 heterocycles. The van der Waals surface area contributed by atoms with Gasteiger partial charge in [-0.3, -0.25) is 4.90 Å². The highest BCUT2D eigenvalue weighted by Crippen LogP contribution is 2.38. The maximum atomic E-state index is 6.07. The van der Waals surface area contributed by atoms with Crippen LogP contribution in [0.1, 0.15) is 31.1 Å². The van der Waals surface area contributed by atoms with Gasteiger partial charge in [0.15, 0.2) is 0 Å². The molecule has 17 heavy (non-hydrogen) atoms. The molecule has 3 heteroatoms. The molecule has 1 aliphatic rings. The number of nitrogens with two attached hydrogens (primary N) is 1. The lowest BCUT2D eigenvalue weighted by molar-refractivity contribution is 0.0929. The van der Waals surface area contributed by atoms with Crippen LogP contribution in [0.25, 0.3) is 0 Å². The second-order valence-corrected chi connectivity index (χ2v) is 6.38. The van der Waals surface area contributed by atoms with Gasteiger partial charge in [0.25, 0.3) is 0 Å². The minimum Gasteiger partial charge on any atom is -0.329 e. The smallest absolute Gasteiger partial charge is 0.0354 e. The number of thiophene rings is 1. The van der Waals surface area contributed by atoms with Crippen LogP contribution >= 0.6 is 11.3 Å². The third-order valence-electron chi connectivity index (χ3n) is 4.55. The molecule has 2 nitrogen and oxygen atoms in total. The van der Waals surface area contributed by atoms with E-state index in [9.17, 15) is 0 Å². The molecule has 2 rings (SSSR count). The molecule has 2 unspecified atom stereocenters. The summed E-state index contributed by atoms with van der Waals surface area (Å²) in [6, 6.07) is 4.36. The summed E-state index contributed by atoms with van der Waals surface area (Å²) in [6.45, 7) is 4.29. The van der Waals surface area contributed by atoms with Crippen LogP contribution in [0.3, 0.4) is 0 Å². The first kappa shape index (κ1) is 13.1. The molecule has 0 bridgehead atoms. The van der Waals surface area contributed by atoms with Crippen LogP contribution in [0.5, 0.6) is 0 Å². The van der Waals surface area contributed by atoms with Gasteiger partial charge >= 0.3 is 0 Å². The third kappa shape index (κ3) is 2.56. The molecule has 2 N–H and O–H groups in total. The van der Waals surface area contributed by atoms with Crippen LogP contribution in [0.4, 0.5) is 0 Å². The Morgan fingerprint density at radius 3 is 2.94 bits per heavy atom. The van der Waals surface area contributed by atoms with Crippen LogP contribution in [0.15, 0.2) is 17.5 Å². The van der Waals surface area contributed by atoms with E-state index >= 15 is 0 Å². The summed E-state index contributed by atoms with van der Waals surface area (Å²) in [7, 11) is 2.25. The van der Waals surface area contributed by atoms with Crippen molar-refractivity contribution in [1.29, 1.82) is 0 Å². The van der Waals surface area contributed by atoms with Crippen molar-refractivity contribution in [1.82, 2.24) is 4.90 Å². The predicted molar refractivity (Wildman–Crippen MR) is 75.5 cm³/mol. The third-order valence-corrected chi connectivity index (χ3v) is 5.49. The van der Waals surface area contributed by atoms with Crippen molar-refractivity contribution in [3.63, 3.8) is 0 Å². The van der Waals surface area contributed by atoms with E-state index in [2.05, 4.69) is 36.4 Å². The average Bonchev–Trinajstić information content (AvgIpc) is 2.95. The van der Waals surface area contributed by atoms with Crippen molar-refractivity contribution in [2.45, 2.75) is 38.1 Å². The number of nitrogens with zero attached hydrogens (tertiary/aromatic N) is 1. The highest BCUT2D eigenvalue weighted by atomic mass is 32.1. The second-order valence-electron chi connectivity index (χ2n) is 5.35. The van der Waals surface area contributed by atoms with Crippen molar-refractivity contribution >= 4 is 11.3 Å². The Morgan fingerprint density at radius 1 is 1.59 bits per heavy atom. The van der Waals surface area contributed by atoms with Gasteiger partial charge in [0.2, 0.25) is 0 Å². The fourth-order valence-corrected chi connectivity index (χ4v) is 3.91. The second kappa shape index (κ2) is 5.51. The van der Waals surface area contributed by atoms with Gasteiger partial charge in [-0.2, -0.15) is 0 Å². The van der Waals surface area contributed by atoms with Gasteiger partial charge in [0.05, 0.1) is 0 Å². The molecular formula is C14H24N2S. The first-order chi connectivity index (χ1) is 8.19. The Hall–Kier alpha value is -0.380. The topological polar surface area (TPSA) is 29.3 Å². The molecule has 0 aliphatic heterocycles. The van der Waals surface area contributed by atoms with Crippen LogP contribution < -0.4 is 5.73 Å². The molecule has 1 aromatic rings. The van der Waals surface area contributed by atoms with E-state index in [4.69, 9.17) is 5.73 Å². The Labute approximate surface area is 109 Å². The number of hydrogen-bond acceptors (Lipinski definition) is 3. The average molecular weight is 252 g/mol. The van der Waals surface area contributed by atoms with Gasteiger partial charge < -0.3 is 5.73 Å². The normalized spacial score (nSPS) is 29.1. The fourth-order valence-electron chi connectivity index (χ4n) is 3.21. The SMILES string of the molecule is CC1CCCC1(CN)N(C)CCc1cccs1. The maximum Gasteiger partial charge on any atom is 0.0354 e. The Kier molecular flexibility index (Phi) is 4.23. The summed E-state index contributed by atoms with van der Waals surface area (Å²) in [4.78, 5) is 4.00. The molecular weight excluding hydrogens is 228 g/mol. The fraction of sp³-hybridized carbons (Fsp3) is 0.714. The summed E-state index contributed by atoms with van der Waals surface area (Å²) in [6.07, 6.45) is 5.09. The standard InChI is InChI=1S/C14H24N2S/c1-12-5-3-8-14(12,11-15)16(2)9-7-13-6-4-10-17-13/h4,6,10,12H,3,5,7-9,11,15H2,1-2H3. The van der Waals surface area contributed by atoms with E-state index in [1.165, 1.54) is 24.1 Å². The minimum atomic E-state index is 0.261. The van der Waals surface area contributed by atoms with Gasteiger partial charge in [-0.05, 0) is 43.7 Å². The molecule has 0 radical (unpaired) electrons. The molecule has 0 aromatic carbocycles. The van der Waals surface area contributed by atoms with Gasteiger partial charge in [-0.15, -0.1) is 11.3 Å². The highest BCUT2D eigenvalue weighted by Gasteiger charge is 2.41. The molecule has 1 aliphatic carbocycles. The highest BCUT2D eigenvalue weighted by molar-refractivity contribution is 7.09. The number of likely N-dealkylation sites (N-methyl/N-ethyl adjacent to an activating group) is 1. The van der Waals surface area contributed by atoms with E-state index in [-0.39, 0.29) is 5.54 Å². The first-order valence-electron chi connectivity index (χ1n) is 6.63. The summed E-state index contributed by atoms with van der Waals surface area (Å²) >= 11 is 1.86. The van der Waals surface area contributed by atoms with E-state index in [1.54, 1.807) is 0 Å². The quantitative estimate of drug-likeness (QED) is 0.873. The lowest BCUT2D eigenvalue weighted by Gasteiger charge is -2.41. The van der Waals surface area contributed by atoms with Crippen LogP contribution in [-0.4, -0.2) is 30.6 Å². The first-order valence-corrected chi connectivity index (χ1v) is 7.51. The van der Waals surface area contributed by atoms with Crippen LogP contribution in [0, 0.1) is 5.92 Å². The van der Waals surface area contributed by atoms with Gasteiger partial charge in [0, 0.05) is 23.5 Å². The monoisotopic (exact) mass is 252 g/mol. The molecule has 0 saturated heterocycles. The predicted octanol–water partition coefficient (Wildman–Crippen LogP) is 2.74. The zero-order chi connectivity index (χ0) is 12.3. The summed E-state index contributed by atoms with van der Waals surface area (Å²) in [5.41, 5.74) is 6.33. The molecule has 0 spiro atoms. The maximum absolute atomic E-state index is 6.07. The van der Waals surface area contributed by atoms with Crippen molar-refractivity contribution in [3.05, 3.63) is 22.4 Å². The lowest BCUT2D eigenvalue weighted by Crippen LogP contribution is -2.54. The number of rotatable bonds is 5. The Balaban J connectivity index is 1.95. The van der Waals surface area contributed by atoms with Gasteiger partial charge in [-0.25, -0.2) is 0 Å². The number of hydrogen-bond donors (Lipinski definition) is 1. The zero-order valence-electron chi connectivity index (χ0n) is 11.0. The van der Waals surface area contributed by atoms with E-state index in [0.29, 0.717) is 0 Å². The summed E-state index contributed by atoms with van der Waals surface area (Å²) in [5.74, 6) is 0.737. The van der Waals surface area contributed by atoms with Crippen molar-refractivity contribution < 1.29 is 0 Å². The van der Waals surface area contributed by atoms with E-state index in [0.717, 1.165) is 25.4 Å². The molecule has 0 amide bonds. The Bertz CT molecular complexity index is 336. The Morgan fingerprint density at radius 2 is 2.41 bits per heavy atom. The van der Waals surface area contributed by atoms with E-state index < -0.39 is 0 Å². The molecule has 1 fully saturated rings. The minimum absolute atomic E-state index is 0.261. The lowest BCUT2D eigenvalue weighted by atomic mass is 9.86. The van der Waals surface area contributed by atoms with Gasteiger partial charge in [-0.1, -0.05) is 19.4 Å². The largest absolute Gasteiger partial charge is 0.329 e. The molecule has 2 atom stereocenters. The van der Waals surface area contributed by atoms with Gasteiger partial charge in [0.1, 0.15) is 0 Å². The molecule has 1 aromatic heterocycles. The van der Waals surface area contributed by atoms with Crippen LogP contribution in [0.2, 0.25) is 0 Å². The molecule has 1 saturated carbocycles. The zero-order valence-corrected chi connectivity index (χ0v) is 11.8.